The predicted octanol–water partition coefficient (Wildman–Crippen LogP) is 4.56. The first-order chi connectivity index (χ1) is 15.7. The lowest BCUT2D eigenvalue weighted by molar-refractivity contribution is 0.303. The number of hydrogen-bond donors (Lipinski definition) is 1. The van der Waals surface area contributed by atoms with Crippen LogP contribution in [0.2, 0.25) is 0 Å². The van der Waals surface area contributed by atoms with Crippen LogP contribution in [0.5, 0.6) is 17.2 Å². The molecule has 0 bridgehead atoms. The maximum Gasteiger partial charge on any atom is 0.243 e. The number of hydrogen-bond acceptors (Lipinski definition) is 5. The summed E-state index contributed by atoms with van der Waals surface area (Å²) in [6.45, 7) is 4.15. The highest BCUT2D eigenvalue weighted by Gasteiger charge is 2.37. The Kier molecular flexibility index (Phi) is 6.36. The second kappa shape index (κ2) is 9.08. The molecule has 6 nitrogen and oxygen atoms in total. The van der Waals surface area contributed by atoms with Crippen LogP contribution in [0, 0.1) is 13.8 Å². The van der Waals surface area contributed by atoms with Gasteiger partial charge in [0.25, 0.3) is 0 Å². The van der Waals surface area contributed by atoms with Gasteiger partial charge in [0.2, 0.25) is 10.0 Å². The fourth-order valence-corrected chi connectivity index (χ4v) is 6.02. The van der Waals surface area contributed by atoms with E-state index in [2.05, 4.69) is 0 Å². The monoisotopic (exact) mass is 467 g/mol. The average molecular weight is 468 g/mol. The predicted molar refractivity (Wildman–Crippen MR) is 128 cm³/mol. The maximum absolute atomic E-state index is 13.7. The molecule has 1 heterocycles. The van der Waals surface area contributed by atoms with Crippen molar-refractivity contribution >= 4 is 10.0 Å². The summed E-state index contributed by atoms with van der Waals surface area (Å²) >= 11 is 0. The molecule has 0 fully saturated rings. The summed E-state index contributed by atoms with van der Waals surface area (Å²) in [6.07, 6.45) is 1.02. The van der Waals surface area contributed by atoms with Crippen molar-refractivity contribution in [1.29, 1.82) is 0 Å². The molecule has 0 radical (unpaired) electrons. The summed E-state index contributed by atoms with van der Waals surface area (Å²) < 4.78 is 39.8. The number of fused-ring (bicyclic) bond motifs is 1. The van der Waals surface area contributed by atoms with Crippen molar-refractivity contribution in [2.75, 3.05) is 20.8 Å². The van der Waals surface area contributed by atoms with E-state index in [1.54, 1.807) is 36.7 Å². The molecule has 174 valence electrons. The van der Waals surface area contributed by atoms with E-state index in [0.717, 1.165) is 27.8 Å². The quantitative estimate of drug-likeness (QED) is 0.575. The molecule has 1 aliphatic heterocycles. The van der Waals surface area contributed by atoms with Crippen LogP contribution in [0.25, 0.3) is 0 Å². The van der Waals surface area contributed by atoms with Crippen LogP contribution in [0.1, 0.15) is 33.9 Å². The van der Waals surface area contributed by atoms with Gasteiger partial charge in [-0.3, -0.25) is 0 Å². The van der Waals surface area contributed by atoms with Crippen molar-refractivity contribution in [3.63, 3.8) is 0 Å². The van der Waals surface area contributed by atoms with Crippen LogP contribution in [-0.2, 0) is 22.9 Å². The molecule has 1 atom stereocenters. The summed E-state index contributed by atoms with van der Waals surface area (Å²) in [5.74, 6) is 1.37. The summed E-state index contributed by atoms with van der Waals surface area (Å²) in [6, 6.07) is 15.7. The number of phenols is 1. The largest absolute Gasteiger partial charge is 0.508 e. The Bertz CT molecular complexity index is 1270. The Hall–Kier alpha value is -3.03. The average Bonchev–Trinajstić information content (AvgIpc) is 2.80. The molecule has 3 aromatic rings. The van der Waals surface area contributed by atoms with Gasteiger partial charge < -0.3 is 14.6 Å². The van der Waals surface area contributed by atoms with E-state index in [0.29, 0.717) is 30.9 Å². The van der Waals surface area contributed by atoms with Gasteiger partial charge in [-0.1, -0.05) is 29.8 Å². The maximum atomic E-state index is 13.7. The van der Waals surface area contributed by atoms with E-state index in [4.69, 9.17) is 9.47 Å². The Morgan fingerprint density at radius 1 is 0.970 bits per heavy atom. The van der Waals surface area contributed by atoms with Gasteiger partial charge in [0, 0.05) is 6.54 Å². The zero-order valence-electron chi connectivity index (χ0n) is 19.3. The molecule has 0 spiro atoms. The molecular formula is C26H29NO5S. The molecule has 0 saturated carbocycles. The Morgan fingerprint density at radius 3 is 2.33 bits per heavy atom. The molecule has 0 aromatic heterocycles. The van der Waals surface area contributed by atoms with Crippen molar-refractivity contribution in [3.8, 4) is 17.2 Å². The van der Waals surface area contributed by atoms with Gasteiger partial charge in [-0.2, -0.15) is 4.31 Å². The van der Waals surface area contributed by atoms with E-state index in [1.807, 2.05) is 50.2 Å². The highest BCUT2D eigenvalue weighted by Crippen LogP contribution is 2.40. The Morgan fingerprint density at radius 2 is 1.67 bits per heavy atom. The van der Waals surface area contributed by atoms with Gasteiger partial charge in [-0.15, -0.1) is 0 Å². The number of nitrogens with zero attached hydrogens (tertiary/aromatic N) is 1. The van der Waals surface area contributed by atoms with Gasteiger partial charge in [-0.05, 0) is 79.3 Å². The minimum atomic E-state index is -3.75. The van der Waals surface area contributed by atoms with E-state index >= 15 is 0 Å². The smallest absolute Gasteiger partial charge is 0.243 e. The summed E-state index contributed by atoms with van der Waals surface area (Å²) in [5.41, 5.74) is 4.59. The number of rotatable bonds is 6. The fourth-order valence-electron chi connectivity index (χ4n) is 4.42. The van der Waals surface area contributed by atoms with Gasteiger partial charge >= 0.3 is 0 Å². The lowest BCUT2D eigenvalue weighted by Crippen LogP contribution is -2.41. The number of methoxy groups -OCH3 is 2. The number of sulfonamides is 1. The van der Waals surface area contributed by atoms with E-state index in [-0.39, 0.29) is 10.6 Å². The molecule has 1 N–H and O–H groups in total. The molecule has 0 saturated heterocycles. The Labute approximate surface area is 195 Å². The second-order valence-corrected chi connectivity index (χ2v) is 10.3. The normalized spacial score (nSPS) is 16.3. The highest BCUT2D eigenvalue weighted by molar-refractivity contribution is 7.89. The number of phenolic OH excluding ortho intramolecular Hbond substituents is 1. The molecule has 4 rings (SSSR count). The molecular weight excluding hydrogens is 438 g/mol. The van der Waals surface area contributed by atoms with Crippen molar-refractivity contribution in [1.82, 2.24) is 4.31 Å². The lowest BCUT2D eigenvalue weighted by Gasteiger charge is -2.37. The molecule has 0 aliphatic carbocycles. The fraction of sp³-hybridized carbons (Fsp3) is 0.308. The van der Waals surface area contributed by atoms with Crippen LogP contribution < -0.4 is 9.47 Å². The van der Waals surface area contributed by atoms with Gasteiger partial charge in [-0.25, -0.2) is 8.42 Å². The number of benzene rings is 3. The van der Waals surface area contributed by atoms with Gasteiger partial charge in [0.1, 0.15) is 5.75 Å². The topological polar surface area (TPSA) is 76.1 Å². The first-order valence-electron chi connectivity index (χ1n) is 10.9. The molecule has 3 aromatic carbocycles. The lowest BCUT2D eigenvalue weighted by atomic mass is 9.89. The SMILES string of the molecule is COc1ccc(CC2c3cc(O)c(C)cc3CCN2S(=O)(=O)c2ccc(C)cc2)cc1OC. The van der Waals surface area contributed by atoms with Crippen LogP contribution in [0.4, 0.5) is 0 Å². The van der Waals surface area contributed by atoms with E-state index < -0.39 is 16.1 Å². The third-order valence-corrected chi connectivity index (χ3v) is 8.19. The second-order valence-electron chi connectivity index (χ2n) is 8.43. The summed E-state index contributed by atoms with van der Waals surface area (Å²) in [7, 11) is -0.591. The molecule has 33 heavy (non-hydrogen) atoms. The van der Waals surface area contributed by atoms with E-state index in [1.165, 1.54) is 0 Å². The van der Waals surface area contributed by atoms with Crippen molar-refractivity contribution in [2.24, 2.45) is 0 Å². The van der Waals surface area contributed by atoms with Crippen LogP contribution in [0.3, 0.4) is 0 Å². The first kappa shape index (κ1) is 23.1. The van der Waals surface area contributed by atoms with Gasteiger partial charge in [0.15, 0.2) is 11.5 Å². The van der Waals surface area contributed by atoms with Crippen LogP contribution >= 0.6 is 0 Å². The molecule has 7 heteroatoms. The zero-order chi connectivity index (χ0) is 23.8. The number of aryl methyl sites for hydroxylation is 2. The molecule has 1 unspecified atom stereocenters. The highest BCUT2D eigenvalue weighted by atomic mass is 32.2. The minimum absolute atomic E-state index is 0.167. The third-order valence-electron chi connectivity index (χ3n) is 6.27. The zero-order valence-corrected chi connectivity index (χ0v) is 20.1. The number of ether oxygens (including phenoxy) is 2. The minimum Gasteiger partial charge on any atom is -0.508 e. The van der Waals surface area contributed by atoms with Crippen molar-refractivity contribution < 1.29 is 23.0 Å². The summed E-state index contributed by atoms with van der Waals surface area (Å²) in [4.78, 5) is 0.269. The van der Waals surface area contributed by atoms with Crippen LogP contribution in [0.15, 0.2) is 59.5 Å². The standard InChI is InChI=1S/C26H29NO5S/c1-17-5-8-21(9-6-17)33(29,30)27-12-11-20-13-18(2)24(28)16-22(20)23(27)14-19-7-10-25(31-3)26(15-19)32-4/h5-10,13,15-16,23,28H,11-12,14H2,1-4H3. The first-order valence-corrected chi connectivity index (χ1v) is 12.3. The van der Waals surface area contributed by atoms with E-state index in [9.17, 15) is 13.5 Å². The summed E-state index contributed by atoms with van der Waals surface area (Å²) in [5, 5.41) is 10.4. The third kappa shape index (κ3) is 4.43. The Balaban J connectivity index is 1.81. The van der Waals surface area contributed by atoms with Crippen molar-refractivity contribution in [2.45, 2.75) is 37.6 Å². The molecule has 1 aliphatic rings. The number of aromatic hydroxyl groups is 1. The molecule has 0 amide bonds. The van der Waals surface area contributed by atoms with Gasteiger partial charge in [0.05, 0.1) is 25.2 Å². The van der Waals surface area contributed by atoms with Crippen LogP contribution in [-0.4, -0.2) is 38.6 Å². The van der Waals surface area contributed by atoms with Crippen molar-refractivity contribution in [3.05, 3.63) is 82.4 Å².